The van der Waals surface area contributed by atoms with Crippen molar-refractivity contribution in [1.82, 2.24) is 15.2 Å². The molecule has 74 valence electrons. The second kappa shape index (κ2) is 4.34. The van der Waals surface area contributed by atoms with E-state index < -0.39 is 12.1 Å². The van der Waals surface area contributed by atoms with E-state index in [9.17, 15) is 5.11 Å². The third-order valence-electron chi connectivity index (χ3n) is 1.85. The summed E-state index contributed by atoms with van der Waals surface area (Å²) in [6.07, 6.45) is 1.25. The van der Waals surface area contributed by atoms with E-state index in [0.717, 1.165) is 18.7 Å². The molecule has 1 heterocycles. The summed E-state index contributed by atoms with van der Waals surface area (Å²) in [6.45, 7) is 3.69. The first-order valence-corrected chi connectivity index (χ1v) is 4.50. The van der Waals surface area contributed by atoms with Gasteiger partial charge < -0.3 is 10.8 Å². The number of aliphatic hydroxyl groups excluding tert-OH is 1. The van der Waals surface area contributed by atoms with Gasteiger partial charge in [-0.05, 0) is 13.3 Å². The van der Waals surface area contributed by atoms with Crippen LogP contribution in [0.3, 0.4) is 0 Å². The molecule has 2 atom stereocenters. The number of nitrogens with one attached hydrogen (secondary N) is 1. The molecule has 4 N–H and O–H groups in total. The zero-order valence-electron chi connectivity index (χ0n) is 7.99. The molecule has 5 nitrogen and oxygen atoms in total. The van der Waals surface area contributed by atoms with Gasteiger partial charge >= 0.3 is 0 Å². The molecular weight excluding hydrogens is 168 g/mol. The predicted molar refractivity (Wildman–Crippen MR) is 49.0 cm³/mol. The van der Waals surface area contributed by atoms with E-state index in [0.29, 0.717) is 5.82 Å². The van der Waals surface area contributed by atoms with E-state index in [-0.39, 0.29) is 0 Å². The lowest BCUT2D eigenvalue weighted by molar-refractivity contribution is 0.160. The normalized spacial score (nSPS) is 15.7. The first kappa shape index (κ1) is 10.1. The van der Waals surface area contributed by atoms with Gasteiger partial charge in [0.05, 0.1) is 12.1 Å². The van der Waals surface area contributed by atoms with Crippen LogP contribution in [-0.4, -0.2) is 26.4 Å². The van der Waals surface area contributed by atoms with E-state index in [1.807, 2.05) is 0 Å². The molecule has 0 radical (unpaired) electrons. The summed E-state index contributed by atoms with van der Waals surface area (Å²) in [6, 6.07) is -0.498. The van der Waals surface area contributed by atoms with Crippen molar-refractivity contribution >= 4 is 0 Å². The third kappa shape index (κ3) is 2.50. The summed E-state index contributed by atoms with van der Waals surface area (Å²) in [7, 11) is 0. The number of nitrogens with zero attached hydrogens (tertiary/aromatic N) is 2. The Labute approximate surface area is 77.4 Å². The monoisotopic (exact) mass is 184 g/mol. The smallest absolute Gasteiger partial charge is 0.169 e. The largest absolute Gasteiger partial charge is 0.391 e. The number of hydrogen-bond acceptors (Lipinski definition) is 4. The molecular formula is C8H16N4O. The molecule has 0 fully saturated rings. The minimum Gasteiger partial charge on any atom is -0.391 e. The van der Waals surface area contributed by atoms with Crippen molar-refractivity contribution in [2.24, 2.45) is 5.73 Å². The molecule has 0 amide bonds. The van der Waals surface area contributed by atoms with Crippen molar-refractivity contribution in [2.75, 3.05) is 0 Å². The number of rotatable bonds is 4. The number of nitrogens with two attached hydrogens (primary N) is 1. The fourth-order valence-electron chi connectivity index (χ4n) is 1.02. The number of aryl methyl sites for hydroxylation is 1. The summed E-state index contributed by atoms with van der Waals surface area (Å²) in [5.74, 6) is 1.31. The second-order valence-corrected chi connectivity index (χ2v) is 3.16. The highest BCUT2D eigenvalue weighted by Crippen LogP contribution is 2.08. The van der Waals surface area contributed by atoms with Gasteiger partial charge in [-0.15, -0.1) is 0 Å². The molecule has 13 heavy (non-hydrogen) atoms. The van der Waals surface area contributed by atoms with Crippen LogP contribution in [0.5, 0.6) is 0 Å². The average Bonchev–Trinajstić information content (AvgIpc) is 2.52. The summed E-state index contributed by atoms with van der Waals surface area (Å²) in [4.78, 5) is 4.17. The van der Waals surface area contributed by atoms with Crippen LogP contribution in [0, 0.1) is 0 Å². The Hall–Kier alpha value is -0.940. The SMILES string of the molecule is CCCc1nc(C(N)C(C)O)n[nH]1. The first-order valence-electron chi connectivity index (χ1n) is 4.50. The lowest BCUT2D eigenvalue weighted by Crippen LogP contribution is -2.24. The molecule has 0 spiro atoms. The van der Waals surface area contributed by atoms with E-state index in [4.69, 9.17) is 5.73 Å². The van der Waals surface area contributed by atoms with E-state index in [1.165, 1.54) is 0 Å². The van der Waals surface area contributed by atoms with Crippen molar-refractivity contribution in [3.05, 3.63) is 11.6 Å². The zero-order chi connectivity index (χ0) is 9.84. The maximum atomic E-state index is 9.19. The molecule has 5 heteroatoms. The number of aliphatic hydroxyl groups is 1. The van der Waals surface area contributed by atoms with Crippen molar-refractivity contribution in [2.45, 2.75) is 38.8 Å². The lowest BCUT2D eigenvalue weighted by Gasteiger charge is -2.09. The molecule has 1 aromatic heterocycles. The molecule has 0 bridgehead atoms. The predicted octanol–water partition coefficient (Wildman–Crippen LogP) is 0.138. The third-order valence-corrected chi connectivity index (χ3v) is 1.85. The lowest BCUT2D eigenvalue weighted by atomic mass is 10.2. The van der Waals surface area contributed by atoms with Gasteiger partial charge in [0.15, 0.2) is 5.82 Å². The maximum Gasteiger partial charge on any atom is 0.169 e. The highest BCUT2D eigenvalue weighted by atomic mass is 16.3. The Bertz CT molecular complexity index is 258. The summed E-state index contributed by atoms with van der Waals surface area (Å²) in [5.41, 5.74) is 5.65. The number of H-pyrrole nitrogens is 1. The maximum absolute atomic E-state index is 9.19. The molecule has 2 unspecified atom stereocenters. The van der Waals surface area contributed by atoms with Crippen molar-refractivity contribution in [1.29, 1.82) is 0 Å². The molecule has 0 aliphatic rings. The number of hydrogen-bond donors (Lipinski definition) is 3. The van der Waals surface area contributed by atoms with Crippen molar-refractivity contribution in [3.8, 4) is 0 Å². The first-order chi connectivity index (χ1) is 6.15. The van der Waals surface area contributed by atoms with Gasteiger partial charge in [0.1, 0.15) is 5.82 Å². The van der Waals surface area contributed by atoms with Crippen molar-refractivity contribution < 1.29 is 5.11 Å². The van der Waals surface area contributed by atoms with Crippen LogP contribution in [0.2, 0.25) is 0 Å². The molecule has 0 saturated heterocycles. The highest BCUT2D eigenvalue weighted by Gasteiger charge is 2.16. The van der Waals surface area contributed by atoms with Crippen molar-refractivity contribution in [3.63, 3.8) is 0 Å². The Balaban J connectivity index is 2.67. The van der Waals surface area contributed by atoms with Gasteiger partial charge in [0, 0.05) is 6.42 Å². The molecule has 1 aromatic rings. The highest BCUT2D eigenvalue weighted by molar-refractivity contribution is 4.97. The van der Waals surface area contributed by atoms with Crippen LogP contribution in [0.4, 0.5) is 0 Å². The Morgan fingerprint density at radius 2 is 2.31 bits per heavy atom. The summed E-state index contributed by atoms with van der Waals surface area (Å²) in [5, 5.41) is 15.9. The van der Waals surface area contributed by atoms with Crippen LogP contribution >= 0.6 is 0 Å². The minimum absolute atomic E-state index is 0.485. The van der Waals surface area contributed by atoms with Gasteiger partial charge in [-0.1, -0.05) is 6.92 Å². The van der Waals surface area contributed by atoms with E-state index in [1.54, 1.807) is 6.92 Å². The number of aromatic nitrogens is 3. The van der Waals surface area contributed by atoms with Crippen LogP contribution in [0.15, 0.2) is 0 Å². The van der Waals surface area contributed by atoms with Crippen LogP contribution in [-0.2, 0) is 6.42 Å². The minimum atomic E-state index is -0.620. The summed E-state index contributed by atoms with van der Waals surface area (Å²) < 4.78 is 0. The quantitative estimate of drug-likeness (QED) is 0.621. The molecule has 0 aliphatic heterocycles. The van der Waals surface area contributed by atoms with Crippen LogP contribution in [0.1, 0.15) is 38.0 Å². The Kier molecular flexibility index (Phi) is 3.39. The van der Waals surface area contributed by atoms with Gasteiger partial charge in [0.2, 0.25) is 0 Å². The average molecular weight is 184 g/mol. The fourth-order valence-corrected chi connectivity index (χ4v) is 1.02. The Morgan fingerprint density at radius 1 is 1.62 bits per heavy atom. The van der Waals surface area contributed by atoms with E-state index in [2.05, 4.69) is 22.1 Å². The van der Waals surface area contributed by atoms with Crippen LogP contribution in [0.25, 0.3) is 0 Å². The van der Waals surface area contributed by atoms with E-state index >= 15 is 0 Å². The van der Waals surface area contributed by atoms with Gasteiger partial charge in [-0.2, -0.15) is 5.10 Å². The standard InChI is InChI=1S/C8H16N4O/c1-3-4-6-10-8(12-11-6)7(9)5(2)13/h5,7,13H,3-4,9H2,1-2H3,(H,10,11,12). The topological polar surface area (TPSA) is 87.8 Å². The van der Waals surface area contributed by atoms with Gasteiger partial charge in [-0.3, -0.25) is 5.10 Å². The van der Waals surface area contributed by atoms with Crippen LogP contribution < -0.4 is 5.73 Å². The molecule has 0 saturated carbocycles. The van der Waals surface area contributed by atoms with Gasteiger partial charge in [-0.25, -0.2) is 4.98 Å². The summed E-state index contributed by atoms with van der Waals surface area (Å²) >= 11 is 0. The zero-order valence-corrected chi connectivity index (χ0v) is 7.99. The molecule has 0 aliphatic carbocycles. The number of aromatic amines is 1. The second-order valence-electron chi connectivity index (χ2n) is 3.16. The Morgan fingerprint density at radius 3 is 2.85 bits per heavy atom. The molecule has 0 aromatic carbocycles. The van der Waals surface area contributed by atoms with Gasteiger partial charge in [0.25, 0.3) is 0 Å². The fraction of sp³-hybridized carbons (Fsp3) is 0.750. The molecule has 1 rings (SSSR count).